The zero-order valence-electron chi connectivity index (χ0n) is 18.1. The number of para-hydroxylation sites is 1. The number of carbonyl (C=O) groups excluding carboxylic acids is 1. The van der Waals surface area contributed by atoms with E-state index in [9.17, 15) is 4.79 Å². The number of nitrogens with one attached hydrogen (secondary N) is 1. The van der Waals surface area contributed by atoms with Gasteiger partial charge in [-0.2, -0.15) is 0 Å². The molecule has 3 aromatic carbocycles. The lowest BCUT2D eigenvalue weighted by molar-refractivity contribution is 0.0940. The number of hydrogen-bond acceptors (Lipinski definition) is 2. The van der Waals surface area contributed by atoms with E-state index in [0.29, 0.717) is 5.56 Å². The van der Waals surface area contributed by atoms with Crippen molar-refractivity contribution in [3.05, 3.63) is 100 Å². The normalized spacial score (nSPS) is 14.2. The van der Waals surface area contributed by atoms with Crippen molar-refractivity contribution in [2.45, 2.75) is 46.2 Å². The molecule has 0 aromatic heterocycles. The molecule has 4 rings (SSSR count). The summed E-state index contributed by atoms with van der Waals surface area (Å²) in [6.45, 7) is 8.17. The van der Waals surface area contributed by atoms with Gasteiger partial charge in [0.05, 0.1) is 6.04 Å². The Balaban J connectivity index is 1.42. The number of anilines is 1. The van der Waals surface area contributed by atoms with Crippen LogP contribution in [0.25, 0.3) is 0 Å². The maximum absolute atomic E-state index is 12.8. The third kappa shape index (κ3) is 4.40. The van der Waals surface area contributed by atoms with E-state index in [1.807, 2.05) is 19.1 Å². The van der Waals surface area contributed by atoms with Gasteiger partial charge in [0.1, 0.15) is 0 Å². The highest BCUT2D eigenvalue weighted by molar-refractivity contribution is 5.94. The molecule has 154 valence electrons. The number of hydrogen-bond donors (Lipinski definition) is 1. The van der Waals surface area contributed by atoms with Crippen LogP contribution in [0.5, 0.6) is 0 Å². The minimum atomic E-state index is -0.0302. The van der Waals surface area contributed by atoms with Crippen LogP contribution in [0, 0.1) is 13.8 Å². The van der Waals surface area contributed by atoms with E-state index in [0.717, 1.165) is 25.1 Å². The highest BCUT2D eigenvalue weighted by atomic mass is 16.1. The van der Waals surface area contributed by atoms with Crippen molar-refractivity contribution in [3.8, 4) is 0 Å². The van der Waals surface area contributed by atoms with Crippen LogP contribution in [0.4, 0.5) is 5.69 Å². The molecular weight excluding hydrogens is 368 g/mol. The van der Waals surface area contributed by atoms with Crippen LogP contribution in [-0.2, 0) is 13.0 Å². The van der Waals surface area contributed by atoms with Crippen molar-refractivity contribution in [2.75, 3.05) is 11.4 Å². The molecule has 3 nitrogen and oxygen atoms in total. The lowest BCUT2D eigenvalue weighted by Gasteiger charge is -2.31. The van der Waals surface area contributed by atoms with E-state index in [2.05, 4.69) is 78.7 Å². The van der Waals surface area contributed by atoms with Gasteiger partial charge in [0, 0.05) is 24.3 Å². The van der Waals surface area contributed by atoms with Gasteiger partial charge in [-0.1, -0.05) is 54.1 Å². The molecule has 0 saturated heterocycles. The van der Waals surface area contributed by atoms with Gasteiger partial charge >= 0.3 is 0 Å². The van der Waals surface area contributed by atoms with Crippen LogP contribution in [0.3, 0.4) is 0 Å². The molecule has 1 atom stereocenters. The number of aryl methyl sites for hydroxylation is 3. The second kappa shape index (κ2) is 8.74. The van der Waals surface area contributed by atoms with Crippen LogP contribution in [0.15, 0.2) is 66.7 Å². The summed E-state index contributed by atoms with van der Waals surface area (Å²) < 4.78 is 0. The molecular formula is C27H30N2O. The second-order valence-electron chi connectivity index (χ2n) is 8.41. The number of rotatable bonds is 5. The van der Waals surface area contributed by atoms with Gasteiger partial charge in [0.2, 0.25) is 0 Å². The van der Waals surface area contributed by atoms with Crippen molar-refractivity contribution < 1.29 is 4.79 Å². The van der Waals surface area contributed by atoms with Crippen molar-refractivity contribution in [1.82, 2.24) is 5.32 Å². The summed E-state index contributed by atoms with van der Waals surface area (Å²) in [5, 5.41) is 3.14. The van der Waals surface area contributed by atoms with E-state index >= 15 is 0 Å². The lowest BCUT2D eigenvalue weighted by Crippen LogP contribution is -2.29. The van der Waals surface area contributed by atoms with Crippen LogP contribution in [0.2, 0.25) is 0 Å². The lowest BCUT2D eigenvalue weighted by atomic mass is 9.99. The Labute approximate surface area is 179 Å². The number of nitrogens with zero attached hydrogens (tertiary/aromatic N) is 1. The summed E-state index contributed by atoms with van der Waals surface area (Å²) in [7, 11) is 0. The molecule has 1 heterocycles. The molecule has 30 heavy (non-hydrogen) atoms. The zero-order valence-corrected chi connectivity index (χ0v) is 18.1. The minimum absolute atomic E-state index is 0.0253. The van der Waals surface area contributed by atoms with Crippen LogP contribution < -0.4 is 10.2 Å². The van der Waals surface area contributed by atoms with Gasteiger partial charge in [-0.3, -0.25) is 4.79 Å². The number of carbonyl (C=O) groups is 1. The van der Waals surface area contributed by atoms with E-state index in [1.54, 1.807) is 0 Å². The highest BCUT2D eigenvalue weighted by Gasteiger charge is 2.17. The molecule has 3 heteroatoms. The Kier molecular flexibility index (Phi) is 5.89. The van der Waals surface area contributed by atoms with E-state index in [4.69, 9.17) is 0 Å². The fourth-order valence-corrected chi connectivity index (χ4v) is 4.43. The van der Waals surface area contributed by atoms with E-state index in [-0.39, 0.29) is 11.9 Å². The molecule has 0 aliphatic carbocycles. The first kappa shape index (κ1) is 20.2. The first-order chi connectivity index (χ1) is 14.5. The topological polar surface area (TPSA) is 32.3 Å². The zero-order chi connectivity index (χ0) is 21.1. The molecule has 3 aromatic rings. The predicted molar refractivity (Wildman–Crippen MR) is 124 cm³/mol. The van der Waals surface area contributed by atoms with E-state index in [1.165, 1.54) is 34.4 Å². The largest absolute Gasteiger partial charge is 0.367 e. The maximum Gasteiger partial charge on any atom is 0.251 e. The Morgan fingerprint density at radius 2 is 1.80 bits per heavy atom. The SMILES string of the molecule is Cc1ccc([C@H](C)NC(=O)c2ccc(CN3CCCc4ccccc43)cc2)c(C)c1. The van der Waals surface area contributed by atoms with Crippen LogP contribution >= 0.6 is 0 Å². The van der Waals surface area contributed by atoms with Gasteiger partial charge in [0.25, 0.3) is 5.91 Å². The van der Waals surface area contributed by atoms with Crippen molar-refractivity contribution >= 4 is 11.6 Å². The van der Waals surface area contributed by atoms with Crippen molar-refractivity contribution in [2.24, 2.45) is 0 Å². The molecule has 1 aliphatic heterocycles. The summed E-state index contributed by atoms with van der Waals surface area (Å²) >= 11 is 0. The third-order valence-corrected chi connectivity index (χ3v) is 6.04. The van der Waals surface area contributed by atoms with Gasteiger partial charge in [-0.15, -0.1) is 0 Å². The first-order valence-electron chi connectivity index (χ1n) is 10.8. The average Bonchev–Trinajstić information content (AvgIpc) is 2.74. The monoisotopic (exact) mass is 398 g/mol. The predicted octanol–water partition coefficient (Wildman–Crippen LogP) is 5.75. The van der Waals surface area contributed by atoms with Crippen LogP contribution in [-0.4, -0.2) is 12.5 Å². The Morgan fingerprint density at radius 3 is 2.57 bits per heavy atom. The molecule has 0 radical (unpaired) electrons. The molecule has 1 N–H and O–H groups in total. The molecule has 0 spiro atoms. The van der Waals surface area contributed by atoms with Crippen LogP contribution in [0.1, 0.15) is 57.6 Å². The van der Waals surface area contributed by atoms with Crippen molar-refractivity contribution in [1.29, 1.82) is 0 Å². The summed E-state index contributed by atoms with van der Waals surface area (Å²) in [5.41, 5.74) is 8.31. The fourth-order valence-electron chi connectivity index (χ4n) is 4.43. The fraction of sp³-hybridized carbons (Fsp3) is 0.296. The Hall–Kier alpha value is -3.07. The number of amides is 1. The third-order valence-electron chi connectivity index (χ3n) is 6.04. The molecule has 1 aliphatic rings. The smallest absolute Gasteiger partial charge is 0.251 e. The quantitative estimate of drug-likeness (QED) is 0.594. The summed E-state index contributed by atoms with van der Waals surface area (Å²) in [4.78, 5) is 15.2. The molecule has 0 bridgehead atoms. The number of fused-ring (bicyclic) bond motifs is 1. The van der Waals surface area contributed by atoms with Gasteiger partial charge in [-0.25, -0.2) is 0 Å². The first-order valence-corrected chi connectivity index (χ1v) is 10.8. The van der Waals surface area contributed by atoms with Gasteiger partial charge < -0.3 is 10.2 Å². The summed E-state index contributed by atoms with van der Waals surface area (Å²) in [6, 6.07) is 23.0. The molecule has 1 amide bonds. The Bertz CT molecular complexity index is 1040. The number of benzene rings is 3. The maximum atomic E-state index is 12.8. The average molecular weight is 399 g/mol. The summed E-state index contributed by atoms with van der Waals surface area (Å²) in [6.07, 6.45) is 2.35. The van der Waals surface area contributed by atoms with E-state index < -0.39 is 0 Å². The van der Waals surface area contributed by atoms with Gasteiger partial charge in [-0.05, 0) is 74.1 Å². The van der Waals surface area contributed by atoms with Crippen molar-refractivity contribution in [3.63, 3.8) is 0 Å². The molecule has 0 fully saturated rings. The molecule has 0 unspecified atom stereocenters. The van der Waals surface area contributed by atoms with Gasteiger partial charge in [0.15, 0.2) is 0 Å². The molecule has 0 saturated carbocycles. The second-order valence-corrected chi connectivity index (χ2v) is 8.41. The minimum Gasteiger partial charge on any atom is -0.367 e. The highest BCUT2D eigenvalue weighted by Crippen LogP contribution is 2.28. The standard InChI is InChI=1S/C27H30N2O/c1-19-10-15-25(20(2)17-19)21(3)28-27(30)24-13-11-22(12-14-24)18-29-16-6-8-23-7-4-5-9-26(23)29/h4-5,7,9-15,17,21H,6,8,16,18H2,1-3H3,(H,28,30)/t21-/m0/s1. The summed E-state index contributed by atoms with van der Waals surface area (Å²) in [5.74, 6) is -0.0302. The Morgan fingerprint density at radius 1 is 1.03 bits per heavy atom.